The molecule has 0 saturated carbocycles. The number of carbonyl (C=O) groups excluding carboxylic acids is 2. The van der Waals surface area contributed by atoms with Crippen LogP contribution in [-0.4, -0.2) is 21.4 Å². The summed E-state index contributed by atoms with van der Waals surface area (Å²) in [5, 5.41) is 3.31. The van der Waals surface area contributed by atoms with Gasteiger partial charge < -0.3 is 9.72 Å². The van der Waals surface area contributed by atoms with E-state index in [2.05, 4.69) is 10.3 Å². The molecular formula is C19H15ClN2O3S. The quantitative estimate of drug-likeness (QED) is 0.686. The fourth-order valence-corrected chi connectivity index (χ4v) is 3.91. The first-order valence-corrected chi connectivity index (χ1v) is 9.33. The second kappa shape index (κ2) is 7.05. The number of thioether (sulfide) groups is 1. The van der Waals surface area contributed by atoms with Gasteiger partial charge in [0.05, 0.1) is 5.25 Å². The lowest BCUT2D eigenvalue weighted by Crippen LogP contribution is -2.25. The van der Waals surface area contributed by atoms with E-state index in [1.807, 2.05) is 48.5 Å². The van der Waals surface area contributed by atoms with Gasteiger partial charge in [0.25, 0.3) is 5.24 Å². The Hall–Kier alpha value is -2.44. The molecule has 26 heavy (non-hydrogen) atoms. The standard InChI is InChI=1S/C19H15ClN2O3S/c20-15-4-2-1-3-11(15)10-25-14-5-6-16-12(8-14)7-13(21-16)9-17-18(23)22-19(24)26-17/h1-8,17,21H,9-10H2,(H,22,23,24). The van der Waals surface area contributed by atoms with Crippen molar-refractivity contribution in [3.63, 3.8) is 0 Å². The highest BCUT2D eigenvalue weighted by molar-refractivity contribution is 8.15. The molecule has 1 fully saturated rings. The van der Waals surface area contributed by atoms with Crippen molar-refractivity contribution in [3.8, 4) is 5.75 Å². The van der Waals surface area contributed by atoms with Gasteiger partial charge in [0.15, 0.2) is 0 Å². The van der Waals surface area contributed by atoms with E-state index < -0.39 is 0 Å². The third-order valence-corrected chi connectivity index (χ3v) is 5.52. The van der Waals surface area contributed by atoms with Gasteiger partial charge in [-0.25, -0.2) is 0 Å². The smallest absolute Gasteiger partial charge is 0.286 e. The molecule has 0 aliphatic carbocycles. The van der Waals surface area contributed by atoms with E-state index in [1.54, 1.807) is 0 Å². The van der Waals surface area contributed by atoms with Gasteiger partial charge in [0, 0.05) is 33.6 Å². The van der Waals surface area contributed by atoms with Gasteiger partial charge in [-0.15, -0.1) is 0 Å². The predicted molar refractivity (Wildman–Crippen MR) is 103 cm³/mol. The monoisotopic (exact) mass is 386 g/mol. The van der Waals surface area contributed by atoms with E-state index >= 15 is 0 Å². The van der Waals surface area contributed by atoms with Gasteiger partial charge in [-0.3, -0.25) is 14.9 Å². The first-order chi connectivity index (χ1) is 12.6. The van der Waals surface area contributed by atoms with Crippen LogP contribution in [0.25, 0.3) is 10.9 Å². The largest absolute Gasteiger partial charge is 0.489 e. The van der Waals surface area contributed by atoms with Crippen LogP contribution in [0.4, 0.5) is 4.79 Å². The van der Waals surface area contributed by atoms with Gasteiger partial charge in [-0.05, 0) is 30.3 Å². The molecule has 0 radical (unpaired) electrons. The molecule has 1 saturated heterocycles. The number of ether oxygens (including phenoxy) is 1. The maximum Gasteiger partial charge on any atom is 0.286 e. The second-order valence-corrected chi connectivity index (χ2v) is 7.59. The SMILES string of the molecule is O=C1NC(=O)C(Cc2cc3cc(OCc4ccccc4Cl)ccc3[nH]2)S1. The summed E-state index contributed by atoms with van der Waals surface area (Å²) in [5.41, 5.74) is 2.79. The Morgan fingerprint density at radius 1 is 1.12 bits per heavy atom. The average molecular weight is 387 g/mol. The number of carbonyl (C=O) groups is 2. The zero-order chi connectivity index (χ0) is 18.1. The molecule has 0 bridgehead atoms. The van der Waals surface area contributed by atoms with Crippen molar-refractivity contribution < 1.29 is 14.3 Å². The van der Waals surface area contributed by atoms with Crippen molar-refractivity contribution in [2.75, 3.05) is 0 Å². The third kappa shape index (κ3) is 3.57. The number of hydrogen-bond acceptors (Lipinski definition) is 4. The van der Waals surface area contributed by atoms with Gasteiger partial charge in [-0.2, -0.15) is 0 Å². The molecule has 1 atom stereocenters. The molecule has 0 spiro atoms. The van der Waals surface area contributed by atoms with Crippen LogP contribution in [0, 0.1) is 0 Å². The fourth-order valence-electron chi connectivity index (χ4n) is 2.87. The van der Waals surface area contributed by atoms with Gasteiger partial charge in [0.2, 0.25) is 5.91 Å². The molecule has 2 heterocycles. The zero-order valence-corrected chi connectivity index (χ0v) is 15.2. The number of hydrogen-bond donors (Lipinski definition) is 2. The summed E-state index contributed by atoms with van der Waals surface area (Å²) in [6.45, 7) is 0.392. The Kier molecular flexibility index (Phi) is 4.61. The molecule has 1 aliphatic rings. The zero-order valence-electron chi connectivity index (χ0n) is 13.6. The molecule has 2 aromatic carbocycles. The highest BCUT2D eigenvalue weighted by Gasteiger charge is 2.31. The van der Waals surface area contributed by atoms with E-state index in [1.165, 1.54) is 0 Å². The van der Waals surface area contributed by atoms with Crippen LogP contribution >= 0.6 is 23.4 Å². The normalized spacial score (nSPS) is 16.9. The lowest BCUT2D eigenvalue weighted by atomic mass is 10.2. The Morgan fingerprint density at radius 3 is 2.73 bits per heavy atom. The Bertz CT molecular complexity index is 1000. The van der Waals surface area contributed by atoms with Gasteiger partial charge >= 0.3 is 0 Å². The predicted octanol–water partition coefficient (Wildman–Crippen LogP) is 4.29. The number of rotatable bonds is 5. The average Bonchev–Trinajstić information content (AvgIpc) is 3.15. The van der Waals surface area contributed by atoms with E-state index in [9.17, 15) is 9.59 Å². The van der Waals surface area contributed by atoms with Crippen molar-refractivity contribution in [2.45, 2.75) is 18.3 Å². The minimum Gasteiger partial charge on any atom is -0.489 e. The fraction of sp³-hybridized carbons (Fsp3) is 0.158. The summed E-state index contributed by atoms with van der Waals surface area (Å²) >= 11 is 7.18. The van der Waals surface area contributed by atoms with Gasteiger partial charge in [-0.1, -0.05) is 41.6 Å². The molecule has 2 amide bonds. The summed E-state index contributed by atoms with van der Waals surface area (Å²) < 4.78 is 5.84. The Labute approximate surface area is 159 Å². The van der Waals surface area contributed by atoms with Crippen LogP contribution in [0.5, 0.6) is 5.75 Å². The molecule has 5 nitrogen and oxygen atoms in total. The number of nitrogens with one attached hydrogen (secondary N) is 2. The lowest BCUT2D eigenvalue weighted by molar-refractivity contribution is -0.118. The number of benzene rings is 2. The van der Waals surface area contributed by atoms with E-state index in [4.69, 9.17) is 16.3 Å². The Morgan fingerprint density at radius 2 is 1.96 bits per heavy atom. The number of halogens is 1. The van der Waals surface area contributed by atoms with Crippen LogP contribution < -0.4 is 10.1 Å². The van der Waals surface area contributed by atoms with Crippen molar-refractivity contribution in [1.29, 1.82) is 0 Å². The van der Waals surface area contributed by atoms with Gasteiger partial charge in [0.1, 0.15) is 12.4 Å². The number of aromatic nitrogens is 1. The summed E-state index contributed by atoms with van der Waals surface area (Å²) in [6, 6.07) is 15.3. The molecular weight excluding hydrogens is 372 g/mol. The molecule has 1 aromatic heterocycles. The molecule has 7 heteroatoms. The minimum absolute atomic E-state index is 0.234. The minimum atomic E-state index is -0.383. The second-order valence-electron chi connectivity index (χ2n) is 6.01. The number of imide groups is 1. The summed E-state index contributed by atoms with van der Waals surface area (Å²) in [4.78, 5) is 26.3. The maximum absolute atomic E-state index is 11.7. The Balaban J connectivity index is 1.48. The summed E-state index contributed by atoms with van der Waals surface area (Å²) in [6.07, 6.45) is 0.479. The van der Waals surface area contributed by atoms with E-state index in [0.29, 0.717) is 18.1 Å². The third-order valence-electron chi connectivity index (χ3n) is 4.17. The molecule has 1 aliphatic heterocycles. The number of aromatic amines is 1. The highest BCUT2D eigenvalue weighted by atomic mass is 35.5. The lowest BCUT2D eigenvalue weighted by Gasteiger charge is -2.07. The number of amides is 2. The number of H-pyrrole nitrogens is 1. The van der Waals surface area contributed by atoms with Crippen molar-refractivity contribution in [2.24, 2.45) is 0 Å². The van der Waals surface area contributed by atoms with Crippen molar-refractivity contribution in [3.05, 3.63) is 64.8 Å². The first kappa shape index (κ1) is 17.0. The summed E-state index contributed by atoms with van der Waals surface area (Å²) in [5.74, 6) is 0.508. The molecule has 3 aromatic rings. The van der Waals surface area contributed by atoms with Crippen LogP contribution in [-0.2, 0) is 17.8 Å². The topological polar surface area (TPSA) is 71.2 Å². The maximum atomic E-state index is 11.7. The molecule has 1 unspecified atom stereocenters. The van der Waals surface area contributed by atoms with Crippen molar-refractivity contribution >= 4 is 45.4 Å². The first-order valence-electron chi connectivity index (χ1n) is 8.08. The van der Waals surface area contributed by atoms with E-state index in [-0.39, 0.29) is 16.4 Å². The summed E-state index contributed by atoms with van der Waals surface area (Å²) in [7, 11) is 0. The molecule has 132 valence electrons. The molecule has 2 N–H and O–H groups in total. The van der Waals surface area contributed by atoms with Crippen LogP contribution in [0.3, 0.4) is 0 Å². The van der Waals surface area contributed by atoms with E-state index in [0.717, 1.165) is 39.7 Å². The van der Waals surface area contributed by atoms with Crippen molar-refractivity contribution in [1.82, 2.24) is 10.3 Å². The number of fused-ring (bicyclic) bond motifs is 1. The van der Waals surface area contributed by atoms with Crippen LogP contribution in [0.15, 0.2) is 48.5 Å². The van der Waals surface area contributed by atoms with Crippen LogP contribution in [0.1, 0.15) is 11.3 Å². The molecule has 4 rings (SSSR count). The van der Waals surface area contributed by atoms with Crippen LogP contribution in [0.2, 0.25) is 5.02 Å². The highest BCUT2D eigenvalue weighted by Crippen LogP contribution is 2.27.